The highest BCUT2D eigenvalue weighted by Crippen LogP contribution is 2.18. The maximum atomic E-state index is 11.8. The van der Waals surface area contributed by atoms with Gasteiger partial charge < -0.3 is 0 Å². The lowest BCUT2D eigenvalue weighted by atomic mass is 10.1. The van der Waals surface area contributed by atoms with Crippen LogP contribution in [0.2, 0.25) is 0 Å². The lowest BCUT2D eigenvalue weighted by Gasteiger charge is -2.29. The lowest BCUT2D eigenvalue weighted by Crippen LogP contribution is -2.37. The van der Waals surface area contributed by atoms with Gasteiger partial charge in [-0.05, 0) is 25.7 Å². The average molecular weight is 315 g/mol. The summed E-state index contributed by atoms with van der Waals surface area (Å²) in [6.07, 6.45) is 10.6. The van der Waals surface area contributed by atoms with Crippen LogP contribution < -0.4 is 0 Å². The molecule has 0 heterocycles. The van der Waals surface area contributed by atoms with Crippen LogP contribution in [0.3, 0.4) is 0 Å². The van der Waals surface area contributed by atoms with Gasteiger partial charge in [-0.1, -0.05) is 71.4 Å². The van der Waals surface area contributed by atoms with Crippen LogP contribution in [-0.4, -0.2) is 23.3 Å². The Balaban J connectivity index is 4.60. The largest absolute Gasteiger partial charge is 0.270 e. The fourth-order valence-corrected chi connectivity index (χ4v) is 2.45. The molecular formula is C18H37NO3. The highest BCUT2D eigenvalue weighted by molar-refractivity contribution is 5.70. The number of carbonyl (C=O) groups excluding carboxylic acids is 1. The minimum absolute atomic E-state index is 0.0716. The lowest BCUT2D eigenvalue weighted by molar-refractivity contribution is -0.376. The first-order valence-corrected chi connectivity index (χ1v) is 9.23. The first-order chi connectivity index (χ1) is 10.6. The van der Waals surface area contributed by atoms with E-state index in [9.17, 15) is 4.79 Å². The Kier molecular flexibility index (Phi) is 13.6. The van der Waals surface area contributed by atoms with Crippen LogP contribution in [-0.2, 0) is 14.5 Å². The molecule has 0 rings (SSSR count). The summed E-state index contributed by atoms with van der Waals surface area (Å²) >= 11 is 0. The summed E-state index contributed by atoms with van der Waals surface area (Å²) < 4.78 is 0. The van der Waals surface area contributed by atoms with Gasteiger partial charge in [0.25, 0.3) is 5.91 Å². The number of amides is 1. The van der Waals surface area contributed by atoms with Crippen LogP contribution in [0, 0.1) is 0 Å². The van der Waals surface area contributed by atoms with Gasteiger partial charge in [-0.25, -0.2) is 9.68 Å². The summed E-state index contributed by atoms with van der Waals surface area (Å²) in [5.41, 5.74) is 0. The van der Waals surface area contributed by atoms with Crippen molar-refractivity contribution in [3.8, 4) is 0 Å². The number of carbonyl (C=O) groups is 1. The number of unbranched alkanes of at least 4 members (excludes halogenated alkanes) is 2. The minimum atomic E-state index is -0.171. The van der Waals surface area contributed by atoms with Crippen molar-refractivity contribution in [3.63, 3.8) is 0 Å². The van der Waals surface area contributed by atoms with Crippen molar-refractivity contribution in [3.05, 3.63) is 0 Å². The SMILES string of the molecule is CCCCC(CCC)ON(OC(CCC)CCCC)C(C)=O. The van der Waals surface area contributed by atoms with Gasteiger partial charge >= 0.3 is 0 Å². The maximum Gasteiger partial charge on any atom is 0.270 e. The standard InChI is InChI=1S/C18H37NO3/c1-6-10-14-17(12-8-3)21-19(16(5)20)22-18(13-9-4)15-11-7-2/h17-18H,6-15H2,1-5H3. The molecular weight excluding hydrogens is 278 g/mol. The van der Waals surface area contributed by atoms with Crippen LogP contribution in [0.5, 0.6) is 0 Å². The van der Waals surface area contributed by atoms with E-state index in [1.54, 1.807) is 0 Å². The van der Waals surface area contributed by atoms with Crippen molar-refractivity contribution in [1.29, 1.82) is 0 Å². The Morgan fingerprint density at radius 1 is 0.773 bits per heavy atom. The molecule has 0 saturated heterocycles. The van der Waals surface area contributed by atoms with E-state index in [0.29, 0.717) is 0 Å². The smallest absolute Gasteiger partial charge is 0.270 e. The number of rotatable bonds is 14. The summed E-state index contributed by atoms with van der Waals surface area (Å²) in [6, 6.07) is 0. The third-order valence-electron chi connectivity index (χ3n) is 3.73. The normalized spacial score (nSPS) is 13.9. The molecule has 2 unspecified atom stereocenters. The molecule has 2 atom stereocenters. The van der Waals surface area contributed by atoms with E-state index in [0.717, 1.165) is 69.4 Å². The predicted octanol–water partition coefficient (Wildman–Crippen LogP) is 5.42. The summed E-state index contributed by atoms with van der Waals surface area (Å²) in [5, 5.41) is 1.16. The predicted molar refractivity (Wildman–Crippen MR) is 91.1 cm³/mol. The highest BCUT2D eigenvalue weighted by atomic mass is 17.0. The van der Waals surface area contributed by atoms with Gasteiger partial charge in [-0.3, -0.25) is 4.79 Å². The minimum Gasteiger partial charge on any atom is -0.270 e. The summed E-state index contributed by atoms with van der Waals surface area (Å²) in [7, 11) is 0. The monoisotopic (exact) mass is 315 g/mol. The van der Waals surface area contributed by atoms with E-state index < -0.39 is 0 Å². The van der Waals surface area contributed by atoms with Gasteiger partial charge in [0.2, 0.25) is 0 Å². The second-order valence-electron chi connectivity index (χ2n) is 6.09. The molecule has 0 spiro atoms. The Bertz CT molecular complexity index is 251. The maximum absolute atomic E-state index is 11.8. The van der Waals surface area contributed by atoms with Gasteiger partial charge in [-0.15, -0.1) is 0 Å². The summed E-state index contributed by atoms with van der Waals surface area (Å²) in [5.74, 6) is -0.171. The molecule has 0 aromatic heterocycles. The van der Waals surface area contributed by atoms with Crippen molar-refractivity contribution >= 4 is 5.91 Å². The molecule has 0 N–H and O–H groups in total. The zero-order chi connectivity index (χ0) is 16.8. The molecule has 0 radical (unpaired) electrons. The molecule has 0 aromatic carbocycles. The second-order valence-corrected chi connectivity index (χ2v) is 6.09. The highest BCUT2D eigenvalue weighted by Gasteiger charge is 2.21. The molecule has 4 heteroatoms. The molecule has 0 aliphatic carbocycles. The number of nitrogens with zero attached hydrogens (tertiary/aromatic N) is 1. The van der Waals surface area contributed by atoms with Crippen molar-refractivity contribution < 1.29 is 14.5 Å². The molecule has 22 heavy (non-hydrogen) atoms. The second kappa shape index (κ2) is 14.0. The van der Waals surface area contributed by atoms with E-state index in [1.807, 2.05) is 0 Å². The number of hydrogen-bond acceptors (Lipinski definition) is 3. The molecule has 0 saturated carbocycles. The number of hydrogen-bond donors (Lipinski definition) is 0. The Labute approximate surface area is 137 Å². The molecule has 4 nitrogen and oxygen atoms in total. The Morgan fingerprint density at radius 3 is 1.45 bits per heavy atom. The third kappa shape index (κ3) is 10.2. The Morgan fingerprint density at radius 2 is 1.18 bits per heavy atom. The van der Waals surface area contributed by atoms with Crippen LogP contribution in [0.4, 0.5) is 0 Å². The van der Waals surface area contributed by atoms with E-state index in [4.69, 9.17) is 9.68 Å². The Hall–Kier alpha value is -0.610. The van der Waals surface area contributed by atoms with E-state index in [-0.39, 0.29) is 18.1 Å². The van der Waals surface area contributed by atoms with Crippen LogP contribution in [0.15, 0.2) is 0 Å². The average Bonchev–Trinajstić information content (AvgIpc) is 2.49. The van der Waals surface area contributed by atoms with E-state index in [2.05, 4.69) is 27.7 Å². The topological polar surface area (TPSA) is 38.8 Å². The first kappa shape index (κ1) is 21.4. The molecule has 0 fully saturated rings. The van der Waals surface area contributed by atoms with E-state index in [1.165, 1.54) is 6.92 Å². The summed E-state index contributed by atoms with van der Waals surface area (Å²) in [6.45, 7) is 10.1. The van der Waals surface area contributed by atoms with Crippen molar-refractivity contribution in [2.45, 2.75) is 111 Å². The van der Waals surface area contributed by atoms with Gasteiger partial charge in [0.15, 0.2) is 0 Å². The molecule has 0 bridgehead atoms. The third-order valence-corrected chi connectivity index (χ3v) is 3.73. The molecule has 1 amide bonds. The zero-order valence-corrected chi connectivity index (χ0v) is 15.4. The van der Waals surface area contributed by atoms with Gasteiger partial charge in [0.1, 0.15) is 0 Å². The quantitative estimate of drug-likeness (QED) is 0.402. The van der Waals surface area contributed by atoms with Gasteiger partial charge in [0, 0.05) is 6.92 Å². The molecule has 0 aromatic rings. The van der Waals surface area contributed by atoms with Crippen molar-refractivity contribution in [2.75, 3.05) is 0 Å². The zero-order valence-electron chi connectivity index (χ0n) is 15.4. The first-order valence-electron chi connectivity index (χ1n) is 9.23. The van der Waals surface area contributed by atoms with Crippen molar-refractivity contribution in [2.24, 2.45) is 0 Å². The molecule has 132 valence electrons. The fourth-order valence-electron chi connectivity index (χ4n) is 2.45. The van der Waals surface area contributed by atoms with Crippen LogP contribution in [0.1, 0.15) is 98.8 Å². The number of hydroxylamine groups is 2. The van der Waals surface area contributed by atoms with Gasteiger partial charge in [-0.2, -0.15) is 0 Å². The van der Waals surface area contributed by atoms with E-state index >= 15 is 0 Å². The molecule has 0 aliphatic heterocycles. The van der Waals surface area contributed by atoms with Crippen LogP contribution in [0.25, 0.3) is 0 Å². The summed E-state index contributed by atoms with van der Waals surface area (Å²) in [4.78, 5) is 23.6. The fraction of sp³-hybridized carbons (Fsp3) is 0.944. The van der Waals surface area contributed by atoms with Gasteiger partial charge in [0.05, 0.1) is 12.2 Å². The van der Waals surface area contributed by atoms with Crippen LogP contribution >= 0.6 is 0 Å². The molecule has 0 aliphatic rings. The van der Waals surface area contributed by atoms with Crippen molar-refractivity contribution in [1.82, 2.24) is 5.23 Å².